The number of hydrogen-bond donors (Lipinski definition) is 3. The average Bonchev–Trinajstić information content (AvgIpc) is 3.91. The van der Waals surface area contributed by atoms with Crippen molar-refractivity contribution in [3.63, 3.8) is 0 Å². The van der Waals surface area contributed by atoms with Crippen LogP contribution < -0.4 is 25.5 Å². The molecule has 11 nitrogen and oxygen atoms in total. The van der Waals surface area contributed by atoms with Crippen molar-refractivity contribution in [3.05, 3.63) is 130 Å². The van der Waals surface area contributed by atoms with Crippen molar-refractivity contribution in [3.8, 4) is 5.75 Å². The molecule has 59 heavy (non-hydrogen) atoms. The number of rotatable bonds is 13. The minimum absolute atomic E-state index is 0.0320. The van der Waals surface area contributed by atoms with Crippen LogP contribution in [-0.2, 0) is 33.0 Å². The van der Waals surface area contributed by atoms with Crippen LogP contribution >= 0.6 is 15.9 Å². The van der Waals surface area contributed by atoms with Gasteiger partial charge >= 0.3 is 0 Å². The van der Waals surface area contributed by atoms with Crippen molar-refractivity contribution < 1.29 is 24.2 Å². The molecule has 0 radical (unpaired) electrons. The SMILES string of the molecule is COc1ccc([Si](C)(C)[C@@H]2[C@@H](CCn3cc(C(CO)c4ccccc4)nn3)O[C@]3(C(=O)N(Cc4ccc(NC(=O)C5CCCNC5)cc4)c4ccc(Br)cc43)[C@H]2C)cc1. The monoisotopic (exact) mass is 876 g/mol. The first kappa shape index (κ1) is 41.1. The van der Waals surface area contributed by atoms with Gasteiger partial charge in [0.25, 0.3) is 5.91 Å². The number of piperidine rings is 1. The summed E-state index contributed by atoms with van der Waals surface area (Å²) in [6.45, 7) is 9.42. The first-order valence-corrected chi connectivity index (χ1v) is 24.5. The summed E-state index contributed by atoms with van der Waals surface area (Å²) in [4.78, 5) is 30.1. The molecule has 3 N–H and O–H groups in total. The zero-order valence-corrected chi connectivity index (χ0v) is 36.7. The van der Waals surface area contributed by atoms with Crippen molar-refractivity contribution in [1.29, 1.82) is 0 Å². The molecule has 2 amide bonds. The number of anilines is 2. The molecule has 8 rings (SSSR count). The molecule has 4 aromatic carbocycles. The Kier molecular flexibility index (Phi) is 11.9. The molecule has 2 unspecified atom stereocenters. The van der Waals surface area contributed by atoms with Gasteiger partial charge in [0.05, 0.1) is 57.7 Å². The highest BCUT2D eigenvalue weighted by Gasteiger charge is 2.66. The number of fused-ring (bicyclic) bond motifs is 2. The fourth-order valence-corrected chi connectivity index (χ4v) is 14.2. The van der Waals surface area contributed by atoms with E-state index in [0.29, 0.717) is 31.7 Å². The number of aliphatic hydroxyl groups excluding tert-OH is 1. The Labute approximate surface area is 355 Å². The number of carbonyl (C=O) groups is 2. The fraction of sp³-hybridized carbons (Fsp3) is 0.391. The molecular weight excluding hydrogens is 825 g/mol. The summed E-state index contributed by atoms with van der Waals surface area (Å²) in [6, 6.07) is 32.1. The van der Waals surface area contributed by atoms with Gasteiger partial charge in [0.2, 0.25) is 5.91 Å². The zero-order valence-electron chi connectivity index (χ0n) is 34.1. The lowest BCUT2D eigenvalue weighted by Gasteiger charge is -2.37. The third-order valence-corrected chi connectivity index (χ3v) is 17.8. The van der Waals surface area contributed by atoms with E-state index < -0.39 is 13.7 Å². The van der Waals surface area contributed by atoms with E-state index in [1.807, 2.05) is 94.6 Å². The lowest BCUT2D eigenvalue weighted by atomic mass is 9.82. The predicted molar refractivity (Wildman–Crippen MR) is 236 cm³/mol. The summed E-state index contributed by atoms with van der Waals surface area (Å²) < 4.78 is 15.6. The number of aromatic nitrogens is 3. The van der Waals surface area contributed by atoms with Gasteiger partial charge in [-0.3, -0.25) is 14.3 Å². The van der Waals surface area contributed by atoms with Crippen LogP contribution in [0.25, 0.3) is 0 Å². The third-order valence-electron chi connectivity index (χ3n) is 13.0. The molecule has 1 spiro atoms. The van der Waals surface area contributed by atoms with E-state index in [1.54, 1.807) is 7.11 Å². The van der Waals surface area contributed by atoms with Crippen LogP contribution in [0.3, 0.4) is 0 Å². The van der Waals surface area contributed by atoms with E-state index >= 15 is 4.79 Å². The second-order valence-electron chi connectivity index (χ2n) is 16.8. The zero-order chi connectivity index (χ0) is 41.3. The Morgan fingerprint density at radius 3 is 2.54 bits per heavy atom. The number of nitrogens with zero attached hydrogens (tertiary/aromatic N) is 4. The summed E-state index contributed by atoms with van der Waals surface area (Å²) in [5.41, 5.74) is 3.93. The van der Waals surface area contributed by atoms with Crippen molar-refractivity contribution in [2.24, 2.45) is 11.8 Å². The summed E-state index contributed by atoms with van der Waals surface area (Å²) in [5.74, 6) is 0.281. The molecule has 2 saturated heterocycles. The van der Waals surface area contributed by atoms with Crippen molar-refractivity contribution in [2.75, 3.05) is 37.0 Å². The van der Waals surface area contributed by atoms with E-state index in [0.717, 1.165) is 57.7 Å². The van der Waals surface area contributed by atoms with Gasteiger partial charge in [0.15, 0.2) is 5.60 Å². The van der Waals surface area contributed by atoms with Crippen LogP contribution in [0.5, 0.6) is 5.75 Å². The Hall–Kier alpha value is -4.66. The van der Waals surface area contributed by atoms with Gasteiger partial charge in [0, 0.05) is 40.9 Å². The molecule has 0 aliphatic carbocycles. The number of carbonyl (C=O) groups excluding carboxylic acids is 2. The summed E-state index contributed by atoms with van der Waals surface area (Å²) in [7, 11) is -0.697. The van der Waals surface area contributed by atoms with Gasteiger partial charge < -0.3 is 30.1 Å². The molecule has 308 valence electrons. The smallest absolute Gasteiger partial charge is 0.264 e. The largest absolute Gasteiger partial charge is 0.497 e. The molecule has 0 bridgehead atoms. The maximum atomic E-state index is 15.3. The normalized spacial score (nSPS) is 23.4. The van der Waals surface area contributed by atoms with E-state index in [1.165, 1.54) is 5.19 Å². The van der Waals surface area contributed by atoms with Gasteiger partial charge in [-0.05, 0) is 84.9 Å². The molecule has 6 atom stereocenters. The van der Waals surface area contributed by atoms with Crippen molar-refractivity contribution >= 4 is 52.4 Å². The minimum atomic E-state index is -2.38. The predicted octanol–water partition coefficient (Wildman–Crippen LogP) is 6.96. The second-order valence-corrected chi connectivity index (χ2v) is 22.4. The Morgan fingerprint density at radius 1 is 1.08 bits per heavy atom. The number of aryl methyl sites for hydroxylation is 1. The van der Waals surface area contributed by atoms with Gasteiger partial charge in [-0.2, -0.15) is 0 Å². The Balaban J connectivity index is 1.09. The number of benzene rings is 4. The maximum absolute atomic E-state index is 15.3. The molecular formula is C46H53BrN6O5Si. The molecule has 13 heteroatoms. The number of hydrogen-bond acceptors (Lipinski definition) is 8. The van der Waals surface area contributed by atoms with Crippen molar-refractivity contribution in [1.82, 2.24) is 20.3 Å². The number of halogens is 1. The minimum Gasteiger partial charge on any atom is -0.497 e. The molecule has 0 saturated carbocycles. The molecule has 3 aliphatic heterocycles. The number of aliphatic hydroxyl groups is 1. The maximum Gasteiger partial charge on any atom is 0.264 e. The summed E-state index contributed by atoms with van der Waals surface area (Å²) >= 11 is 3.73. The van der Waals surface area contributed by atoms with Gasteiger partial charge in [-0.25, -0.2) is 0 Å². The number of methoxy groups -OCH3 is 1. The third kappa shape index (κ3) is 7.91. The molecule has 3 aliphatic rings. The summed E-state index contributed by atoms with van der Waals surface area (Å²) in [6.07, 6.45) is 4.13. The van der Waals surface area contributed by atoms with Crippen LogP contribution in [-0.4, -0.2) is 72.9 Å². The lowest BCUT2D eigenvalue weighted by Crippen LogP contribution is -2.51. The summed E-state index contributed by atoms with van der Waals surface area (Å²) in [5, 5.41) is 27.0. The van der Waals surface area contributed by atoms with Gasteiger partial charge in [-0.15, -0.1) is 5.10 Å². The van der Waals surface area contributed by atoms with Crippen LogP contribution in [0.2, 0.25) is 18.6 Å². The van der Waals surface area contributed by atoms with E-state index in [-0.39, 0.29) is 47.8 Å². The standard InChI is InChI=1S/C46H53BrN6O5Si/c1-30-43(59(3,4)37-19-17-36(57-2)18-20-37)42(22-24-52-28-40(50-51-52)38(29-54)32-9-6-5-7-10-32)58-46(30)39-25-34(47)14-21-41(39)53(45(46)56)27-31-12-15-35(16-13-31)49-44(55)33-11-8-23-48-26-33/h5-7,9-10,12-21,25,28,30,33,38,42-43,48,54H,8,11,22-24,26-27,29H2,1-4H3,(H,49,55)/t30-,33?,38?,42+,43-,46+/m0/s1. The number of amides is 2. The number of nitrogens with one attached hydrogen (secondary N) is 2. The average molecular weight is 878 g/mol. The highest BCUT2D eigenvalue weighted by atomic mass is 79.9. The number of ether oxygens (including phenoxy) is 2. The van der Waals surface area contributed by atoms with Crippen LogP contribution in [0, 0.1) is 11.8 Å². The highest BCUT2D eigenvalue weighted by Crippen LogP contribution is 2.60. The first-order chi connectivity index (χ1) is 28.5. The molecule has 4 heterocycles. The second kappa shape index (κ2) is 17.1. The first-order valence-electron chi connectivity index (χ1n) is 20.6. The molecule has 2 fully saturated rings. The van der Waals surface area contributed by atoms with Gasteiger partial charge in [-0.1, -0.05) is 101 Å². The molecule has 5 aromatic rings. The van der Waals surface area contributed by atoms with Crippen LogP contribution in [0.4, 0.5) is 11.4 Å². The van der Waals surface area contributed by atoms with E-state index in [2.05, 4.69) is 75.1 Å². The topological polar surface area (TPSA) is 131 Å². The van der Waals surface area contributed by atoms with Crippen molar-refractivity contribution in [2.45, 2.75) is 75.5 Å². The van der Waals surface area contributed by atoms with E-state index in [4.69, 9.17) is 9.47 Å². The Morgan fingerprint density at radius 2 is 1.85 bits per heavy atom. The Bertz CT molecular complexity index is 2270. The lowest BCUT2D eigenvalue weighted by molar-refractivity contribution is -0.146. The molecule has 1 aromatic heterocycles. The van der Waals surface area contributed by atoms with E-state index in [9.17, 15) is 9.90 Å². The van der Waals surface area contributed by atoms with Gasteiger partial charge in [0.1, 0.15) is 5.75 Å². The quantitative estimate of drug-likeness (QED) is 0.108. The van der Waals surface area contributed by atoms with Crippen LogP contribution in [0.1, 0.15) is 54.5 Å². The fourth-order valence-electron chi connectivity index (χ4n) is 9.81. The highest BCUT2D eigenvalue weighted by molar-refractivity contribution is 9.10. The van der Waals surface area contributed by atoms with Crippen LogP contribution in [0.15, 0.2) is 108 Å².